The first-order chi connectivity index (χ1) is 14.4. The second kappa shape index (κ2) is 7.62. The molecule has 0 aliphatic heterocycles. The van der Waals surface area contributed by atoms with Crippen molar-refractivity contribution < 1.29 is 23.5 Å². The number of carbonyl (C=O) groups is 2. The Labute approximate surface area is 172 Å². The fraction of sp³-hybridized carbons (Fsp3) is 0.273. The van der Waals surface area contributed by atoms with Crippen LogP contribution in [-0.4, -0.2) is 33.3 Å². The number of aromatic nitrogens is 3. The van der Waals surface area contributed by atoms with Crippen LogP contribution >= 0.6 is 0 Å². The zero-order chi connectivity index (χ0) is 21.4. The summed E-state index contributed by atoms with van der Waals surface area (Å²) in [4.78, 5) is 29.8. The smallest absolute Gasteiger partial charge is 0.374 e. The molecule has 0 spiro atoms. The molecule has 0 unspecified atom stereocenters. The van der Waals surface area contributed by atoms with Gasteiger partial charge in [0.1, 0.15) is 12.2 Å². The number of fused-ring (bicyclic) bond motifs is 2. The van der Waals surface area contributed by atoms with Crippen molar-refractivity contribution in [2.75, 3.05) is 6.61 Å². The molecule has 3 aromatic heterocycles. The second-order valence-electron chi connectivity index (χ2n) is 6.92. The monoisotopic (exact) mass is 407 g/mol. The molecule has 0 aliphatic carbocycles. The predicted octanol–water partition coefficient (Wildman–Crippen LogP) is 3.87. The molecule has 0 fully saturated rings. The molecule has 154 valence electrons. The van der Waals surface area contributed by atoms with Crippen LogP contribution < -0.4 is 0 Å². The maximum atomic E-state index is 13.0. The van der Waals surface area contributed by atoms with Crippen LogP contribution in [0.1, 0.15) is 44.8 Å². The first-order valence-electron chi connectivity index (χ1n) is 9.56. The minimum Gasteiger partial charge on any atom is -0.460 e. The van der Waals surface area contributed by atoms with Crippen LogP contribution in [0, 0.1) is 13.8 Å². The van der Waals surface area contributed by atoms with Crippen molar-refractivity contribution in [2.45, 2.75) is 27.4 Å². The van der Waals surface area contributed by atoms with Gasteiger partial charge in [-0.05, 0) is 32.9 Å². The Morgan fingerprint density at radius 2 is 1.90 bits per heavy atom. The zero-order valence-corrected chi connectivity index (χ0v) is 17.2. The summed E-state index contributed by atoms with van der Waals surface area (Å²) in [6, 6.07) is 8.87. The SMILES string of the molecule is CCOC(=O)c1oc2ccccc2c1COC(=O)c1cc(C)nc2c1c(C)nn2C. The van der Waals surface area contributed by atoms with Gasteiger partial charge >= 0.3 is 11.9 Å². The number of aryl methyl sites for hydroxylation is 3. The summed E-state index contributed by atoms with van der Waals surface area (Å²) in [6.45, 7) is 5.42. The van der Waals surface area contributed by atoms with E-state index in [4.69, 9.17) is 13.9 Å². The third kappa shape index (κ3) is 3.30. The fourth-order valence-corrected chi connectivity index (χ4v) is 3.55. The number of furan rings is 1. The van der Waals surface area contributed by atoms with Crippen LogP contribution in [0.4, 0.5) is 0 Å². The van der Waals surface area contributed by atoms with Gasteiger partial charge in [0, 0.05) is 18.1 Å². The van der Waals surface area contributed by atoms with E-state index in [1.165, 1.54) is 0 Å². The molecule has 0 amide bonds. The standard InChI is InChI=1S/C22H21N3O5/c1-5-28-22(27)19-16(14-8-6-7-9-17(14)30-19)11-29-21(26)15-10-12(2)23-20-18(15)13(3)24-25(20)4/h6-10H,5,11H2,1-4H3. The average molecular weight is 407 g/mol. The van der Waals surface area contributed by atoms with Gasteiger partial charge in [-0.2, -0.15) is 5.10 Å². The Bertz CT molecular complexity index is 1290. The highest BCUT2D eigenvalue weighted by atomic mass is 16.5. The lowest BCUT2D eigenvalue weighted by atomic mass is 10.1. The number of pyridine rings is 1. The number of para-hydroxylation sites is 1. The molecule has 0 N–H and O–H groups in total. The molecule has 0 atom stereocenters. The number of rotatable bonds is 5. The predicted molar refractivity (Wildman–Crippen MR) is 109 cm³/mol. The molecule has 4 rings (SSSR count). The van der Waals surface area contributed by atoms with Crippen molar-refractivity contribution in [3.63, 3.8) is 0 Å². The van der Waals surface area contributed by atoms with Gasteiger partial charge in [0.2, 0.25) is 5.76 Å². The van der Waals surface area contributed by atoms with Gasteiger partial charge in [-0.3, -0.25) is 4.68 Å². The molecule has 8 heteroatoms. The van der Waals surface area contributed by atoms with Crippen molar-refractivity contribution in [2.24, 2.45) is 7.05 Å². The van der Waals surface area contributed by atoms with Crippen LogP contribution in [0.25, 0.3) is 22.0 Å². The van der Waals surface area contributed by atoms with Crippen molar-refractivity contribution in [3.05, 3.63) is 58.6 Å². The zero-order valence-electron chi connectivity index (χ0n) is 17.2. The quantitative estimate of drug-likeness (QED) is 0.463. The highest BCUT2D eigenvalue weighted by Gasteiger charge is 2.24. The van der Waals surface area contributed by atoms with Gasteiger partial charge in [0.15, 0.2) is 5.65 Å². The Kier molecular flexibility index (Phi) is 4.99. The first kappa shape index (κ1) is 19.6. The van der Waals surface area contributed by atoms with E-state index in [0.717, 1.165) is 0 Å². The van der Waals surface area contributed by atoms with Gasteiger partial charge in [0.25, 0.3) is 0 Å². The van der Waals surface area contributed by atoms with E-state index in [-0.39, 0.29) is 19.0 Å². The minimum atomic E-state index is -0.593. The van der Waals surface area contributed by atoms with Crippen molar-refractivity contribution in [1.29, 1.82) is 0 Å². The largest absolute Gasteiger partial charge is 0.460 e. The fourth-order valence-electron chi connectivity index (χ4n) is 3.55. The molecular formula is C22H21N3O5. The Morgan fingerprint density at radius 1 is 1.13 bits per heavy atom. The van der Waals surface area contributed by atoms with Crippen molar-refractivity contribution >= 4 is 33.9 Å². The molecule has 30 heavy (non-hydrogen) atoms. The normalized spacial score (nSPS) is 11.2. The summed E-state index contributed by atoms with van der Waals surface area (Å²) in [5.74, 6) is -1.08. The summed E-state index contributed by atoms with van der Waals surface area (Å²) in [7, 11) is 1.78. The van der Waals surface area contributed by atoms with Crippen molar-refractivity contribution in [1.82, 2.24) is 14.8 Å². The minimum absolute atomic E-state index is 0.0412. The molecule has 0 bridgehead atoms. The van der Waals surface area contributed by atoms with Gasteiger partial charge in [-0.1, -0.05) is 18.2 Å². The van der Waals surface area contributed by atoms with Gasteiger partial charge in [-0.15, -0.1) is 0 Å². The molecule has 0 radical (unpaired) electrons. The van der Waals surface area contributed by atoms with Crippen molar-refractivity contribution in [3.8, 4) is 0 Å². The topological polar surface area (TPSA) is 96.5 Å². The van der Waals surface area contributed by atoms with E-state index in [9.17, 15) is 9.59 Å². The molecular weight excluding hydrogens is 386 g/mol. The summed E-state index contributed by atoms with van der Waals surface area (Å²) in [6.07, 6.45) is 0. The number of ether oxygens (including phenoxy) is 2. The number of benzene rings is 1. The van der Waals surface area contributed by atoms with Gasteiger partial charge in [-0.25, -0.2) is 14.6 Å². The van der Waals surface area contributed by atoms with Gasteiger partial charge < -0.3 is 13.9 Å². The first-order valence-corrected chi connectivity index (χ1v) is 9.56. The summed E-state index contributed by atoms with van der Waals surface area (Å²) in [5.41, 5.74) is 3.36. The van der Waals surface area contributed by atoms with E-state index in [2.05, 4.69) is 10.1 Å². The molecule has 0 aliphatic rings. The van der Waals surface area contributed by atoms with Crippen LogP contribution in [-0.2, 0) is 23.1 Å². The summed E-state index contributed by atoms with van der Waals surface area (Å²) < 4.78 is 18.0. The van der Waals surface area contributed by atoms with E-state index in [0.29, 0.717) is 44.5 Å². The molecule has 0 saturated carbocycles. The average Bonchev–Trinajstić information content (AvgIpc) is 3.23. The lowest BCUT2D eigenvalue weighted by Gasteiger charge is -2.08. The highest BCUT2D eigenvalue weighted by Crippen LogP contribution is 2.28. The number of carbonyl (C=O) groups excluding carboxylic acids is 2. The highest BCUT2D eigenvalue weighted by molar-refractivity contribution is 6.04. The third-order valence-electron chi connectivity index (χ3n) is 4.82. The summed E-state index contributed by atoms with van der Waals surface area (Å²) >= 11 is 0. The molecule has 8 nitrogen and oxygen atoms in total. The molecule has 4 aromatic rings. The number of esters is 2. The number of nitrogens with zero attached hydrogens (tertiary/aromatic N) is 3. The van der Waals surface area contributed by atoms with E-state index < -0.39 is 11.9 Å². The number of hydrogen-bond donors (Lipinski definition) is 0. The Morgan fingerprint density at radius 3 is 2.67 bits per heavy atom. The van der Waals surface area contributed by atoms with E-state index in [1.807, 2.05) is 19.1 Å². The van der Waals surface area contributed by atoms with Crippen LogP contribution in [0.2, 0.25) is 0 Å². The lowest BCUT2D eigenvalue weighted by Crippen LogP contribution is -2.11. The lowest BCUT2D eigenvalue weighted by molar-refractivity contribution is 0.0436. The maximum Gasteiger partial charge on any atom is 0.374 e. The molecule has 1 aromatic carbocycles. The van der Waals surface area contributed by atoms with Crippen LogP contribution in [0.5, 0.6) is 0 Å². The number of hydrogen-bond acceptors (Lipinski definition) is 7. The summed E-state index contributed by atoms with van der Waals surface area (Å²) in [5, 5.41) is 5.70. The second-order valence-corrected chi connectivity index (χ2v) is 6.92. The maximum absolute atomic E-state index is 13.0. The van der Waals surface area contributed by atoms with Gasteiger partial charge in [0.05, 0.1) is 28.8 Å². The Balaban J connectivity index is 1.70. The molecule has 0 saturated heterocycles. The van der Waals surface area contributed by atoms with Crippen LogP contribution in [0.15, 0.2) is 34.7 Å². The Hall–Kier alpha value is -3.68. The van der Waals surface area contributed by atoms with E-state index in [1.54, 1.807) is 43.8 Å². The van der Waals surface area contributed by atoms with Crippen LogP contribution in [0.3, 0.4) is 0 Å². The molecule has 3 heterocycles. The van der Waals surface area contributed by atoms with E-state index >= 15 is 0 Å². The third-order valence-corrected chi connectivity index (χ3v) is 4.82.